The number of rotatable bonds is 4. The maximum Gasteiger partial charge on any atom is 0.142 e. The summed E-state index contributed by atoms with van der Waals surface area (Å²) >= 11 is 6.04. The lowest BCUT2D eigenvalue weighted by atomic mass is 9.98. The van der Waals surface area contributed by atoms with Gasteiger partial charge in [0, 0.05) is 6.04 Å². The Labute approximate surface area is 118 Å². The van der Waals surface area contributed by atoms with Crippen molar-refractivity contribution in [2.45, 2.75) is 19.4 Å². The van der Waals surface area contributed by atoms with Crippen LogP contribution in [0.25, 0.3) is 0 Å². The molecule has 0 saturated carbocycles. The van der Waals surface area contributed by atoms with Crippen LogP contribution in [0.5, 0.6) is 0 Å². The minimum atomic E-state index is -0.372. The van der Waals surface area contributed by atoms with E-state index in [2.05, 4.69) is 36.5 Å². The maximum absolute atomic E-state index is 13.5. The van der Waals surface area contributed by atoms with E-state index < -0.39 is 0 Å². The molecule has 0 aliphatic carbocycles. The Balaban J connectivity index is 2.25. The molecule has 0 aliphatic heterocycles. The summed E-state index contributed by atoms with van der Waals surface area (Å²) in [5, 5.41) is 3.40. The molecular weight excluding hydrogens is 261 g/mol. The fraction of sp³-hybridized carbons (Fsp3) is 0.250. The van der Waals surface area contributed by atoms with Gasteiger partial charge in [0.25, 0.3) is 0 Å². The number of halogens is 2. The van der Waals surface area contributed by atoms with Gasteiger partial charge in [-0.1, -0.05) is 53.6 Å². The first kappa shape index (κ1) is 14.0. The predicted molar refractivity (Wildman–Crippen MR) is 78.1 cm³/mol. The van der Waals surface area contributed by atoms with Crippen LogP contribution in [0.2, 0.25) is 5.02 Å². The molecule has 100 valence electrons. The quantitative estimate of drug-likeness (QED) is 0.879. The molecule has 0 saturated heterocycles. The second-order valence-electron chi connectivity index (χ2n) is 4.67. The van der Waals surface area contributed by atoms with E-state index in [-0.39, 0.29) is 16.9 Å². The van der Waals surface area contributed by atoms with Crippen molar-refractivity contribution in [2.24, 2.45) is 0 Å². The monoisotopic (exact) mass is 277 g/mol. The summed E-state index contributed by atoms with van der Waals surface area (Å²) < 4.78 is 13.5. The van der Waals surface area contributed by atoms with Gasteiger partial charge in [-0.2, -0.15) is 0 Å². The number of hydrogen-bond donors (Lipinski definition) is 1. The van der Waals surface area contributed by atoms with Crippen LogP contribution in [-0.4, -0.2) is 7.05 Å². The Kier molecular flexibility index (Phi) is 4.56. The number of benzene rings is 2. The number of nitrogens with one attached hydrogen (secondary N) is 1. The third-order valence-electron chi connectivity index (χ3n) is 3.27. The van der Waals surface area contributed by atoms with E-state index in [9.17, 15) is 4.39 Å². The fourth-order valence-corrected chi connectivity index (χ4v) is 2.37. The van der Waals surface area contributed by atoms with E-state index >= 15 is 0 Å². The molecule has 1 unspecified atom stereocenters. The van der Waals surface area contributed by atoms with Crippen LogP contribution >= 0.6 is 11.6 Å². The highest BCUT2D eigenvalue weighted by Gasteiger charge is 2.15. The summed E-state index contributed by atoms with van der Waals surface area (Å²) in [6, 6.07) is 13.3. The molecule has 2 rings (SSSR count). The molecule has 0 spiro atoms. The van der Waals surface area contributed by atoms with E-state index in [1.54, 1.807) is 6.07 Å². The van der Waals surface area contributed by atoms with Gasteiger partial charge < -0.3 is 5.32 Å². The smallest absolute Gasteiger partial charge is 0.142 e. The normalized spacial score (nSPS) is 12.4. The molecule has 1 atom stereocenters. The van der Waals surface area contributed by atoms with Crippen LogP contribution in [0.3, 0.4) is 0 Å². The summed E-state index contributed by atoms with van der Waals surface area (Å²) in [4.78, 5) is 0. The van der Waals surface area contributed by atoms with Crippen molar-refractivity contribution >= 4 is 11.6 Å². The van der Waals surface area contributed by atoms with Crippen LogP contribution in [0.1, 0.15) is 22.7 Å². The minimum Gasteiger partial charge on any atom is -0.313 e. The van der Waals surface area contributed by atoms with Crippen molar-refractivity contribution in [1.29, 1.82) is 0 Å². The fourth-order valence-electron chi connectivity index (χ4n) is 2.12. The van der Waals surface area contributed by atoms with Gasteiger partial charge in [0.2, 0.25) is 0 Å². The van der Waals surface area contributed by atoms with Gasteiger partial charge in [0.1, 0.15) is 5.82 Å². The van der Waals surface area contributed by atoms with Crippen LogP contribution in [0, 0.1) is 12.7 Å². The zero-order valence-corrected chi connectivity index (χ0v) is 11.8. The molecule has 0 fully saturated rings. The number of aryl methyl sites for hydroxylation is 1. The topological polar surface area (TPSA) is 12.0 Å². The summed E-state index contributed by atoms with van der Waals surface area (Å²) in [5.74, 6) is -0.372. The molecule has 0 radical (unpaired) electrons. The lowest BCUT2D eigenvalue weighted by molar-refractivity contribution is 0.578. The summed E-state index contributed by atoms with van der Waals surface area (Å²) in [6.07, 6.45) is 0.778. The number of likely N-dealkylation sites (N-methyl/N-ethyl adjacent to an activating group) is 1. The zero-order chi connectivity index (χ0) is 13.8. The molecular formula is C16H17ClFN. The first-order chi connectivity index (χ1) is 9.11. The number of hydrogen-bond acceptors (Lipinski definition) is 1. The van der Waals surface area contributed by atoms with E-state index in [1.807, 2.05) is 13.1 Å². The first-order valence-electron chi connectivity index (χ1n) is 6.28. The van der Waals surface area contributed by atoms with E-state index in [4.69, 9.17) is 11.6 Å². The van der Waals surface area contributed by atoms with Crippen molar-refractivity contribution in [3.63, 3.8) is 0 Å². The van der Waals surface area contributed by atoms with Crippen LogP contribution in [0.15, 0.2) is 42.5 Å². The highest BCUT2D eigenvalue weighted by atomic mass is 35.5. The summed E-state index contributed by atoms with van der Waals surface area (Å²) in [6.45, 7) is 2.06. The Morgan fingerprint density at radius 2 is 1.84 bits per heavy atom. The molecule has 0 aliphatic rings. The maximum atomic E-state index is 13.5. The van der Waals surface area contributed by atoms with Crippen molar-refractivity contribution in [1.82, 2.24) is 5.32 Å². The third-order valence-corrected chi connectivity index (χ3v) is 3.66. The summed E-state index contributed by atoms with van der Waals surface area (Å²) in [5.41, 5.74) is 3.23. The van der Waals surface area contributed by atoms with E-state index in [0.717, 1.165) is 12.0 Å². The van der Waals surface area contributed by atoms with Gasteiger partial charge in [-0.05, 0) is 37.6 Å². The second kappa shape index (κ2) is 6.18. The van der Waals surface area contributed by atoms with Crippen molar-refractivity contribution in [3.05, 3.63) is 70.0 Å². The predicted octanol–water partition coefficient (Wildman–Crippen LogP) is 4.29. The molecule has 1 N–H and O–H groups in total. The lowest BCUT2D eigenvalue weighted by Crippen LogP contribution is -2.19. The standard InChI is InChI=1S/C16H17ClFN/c1-11-6-8-12(9-7-11)10-15(19-2)13-4-3-5-14(18)16(13)17/h3-9,15,19H,10H2,1-2H3. The Morgan fingerprint density at radius 1 is 1.16 bits per heavy atom. The highest BCUT2D eigenvalue weighted by Crippen LogP contribution is 2.27. The minimum absolute atomic E-state index is 0.00547. The molecule has 19 heavy (non-hydrogen) atoms. The third kappa shape index (κ3) is 3.34. The Hall–Kier alpha value is -1.38. The lowest BCUT2D eigenvalue weighted by Gasteiger charge is -2.18. The van der Waals surface area contributed by atoms with Crippen molar-refractivity contribution in [2.75, 3.05) is 7.05 Å². The molecule has 2 aromatic rings. The molecule has 3 heteroatoms. The van der Waals surface area contributed by atoms with Crippen LogP contribution < -0.4 is 5.32 Å². The molecule has 0 bridgehead atoms. The van der Waals surface area contributed by atoms with Gasteiger partial charge in [0.15, 0.2) is 0 Å². The molecule has 0 heterocycles. The molecule has 0 amide bonds. The summed E-state index contributed by atoms with van der Waals surface area (Å²) in [7, 11) is 1.86. The van der Waals surface area contributed by atoms with Crippen molar-refractivity contribution in [3.8, 4) is 0 Å². The average Bonchev–Trinajstić information content (AvgIpc) is 2.42. The van der Waals surface area contributed by atoms with Gasteiger partial charge in [-0.25, -0.2) is 4.39 Å². The van der Waals surface area contributed by atoms with E-state index in [1.165, 1.54) is 17.2 Å². The van der Waals surface area contributed by atoms with Gasteiger partial charge in [-0.3, -0.25) is 0 Å². The first-order valence-corrected chi connectivity index (χ1v) is 6.66. The van der Waals surface area contributed by atoms with Gasteiger partial charge >= 0.3 is 0 Å². The van der Waals surface area contributed by atoms with Crippen LogP contribution in [-0.2, 0) is 6.42 Å². The van der Waals surface area contributed by atoms with E-state index in [0.29, 0.717) is 0 Å². The second-order valence-corrected chi connectivity index (χ2v) is 5.05. The SMILES string of the molecule is CNC(Cc1ccc(C)cc1)c1cccc(F)c1Cl. The van der Waals surface area contributed by atoms with Gasteiger partial charge in [-0.15, -0.1) is 0 Å². The largest absolute Gasteiger partial charge is 0.313 e. The van der Waals surface area contributed by atoms with Gasteiger partial charge in [0.05, 0.1) is 5.02 Å². The Morgan fingerprint density at radius 3 is 2.47 bits per heavy atom. The van der Waals surface area contributed by atoms with Crippen molar-refractivity contribution < 1.29 is 4.39 Å². The molecule has 0 aromatic heterocycles. The molecule has 1 nitrogen and oxygen atoms in total. The highest BCUT2D eigenvalue weighted by molar-refractivity contribution is 6.31. The molecule has 2 aromatic carbocycles. The van der Waals surface area contributed by atoms with Crippen LogP contribution in [0.4, 0.5) is 4.39 Å². The Bertz CT molecular complexity index is 551. The average molecular weight is 278 g/mol. The zero-order valence-electron chi connectivity index (χ0n) is 11.1.